The van der Waals surface area contributed by atoms with Gasteiger partial charge in [-0.2, -0.15) is 0 Å². The molecule has 2 aromatic carbocycles. The maximum Gasteiger partial charge on any atom is 0.228 e. The zero-order valence-corrected chi connectivity index (χ0v) is 19.2. The first-order chi connectivity index (χ1) is 16.5. The average molecular weight is 465 g/mol. The molecule has 3 aliphatic heterocycles. The normalized spacial score (nSPS) is 20.4. The highest BCUT2D eigenvalue weighted by molar-refractivity contribution is 6.01. The number of amides is 2. The van der Waals surface area contributed by atoms with Crippen LogP contribution in [-0.4, -0.2) is 62.5 Å². The van der Waals surface area contributed by atoms with Crippen LogP contribution in [0.25, 0.3) is 0 Å². The first-order valence-electron chi connectivity index (χ1n) is 11.7. The van der Waals surface area contributed by atoms with Gasteiger partial charge in [-0.15, -0.1) is 0 Å². The lowest BCUT2D eigenvalue weighted by molar-refractivity contribution is -0.137. The summed E-state index contributed by atoms with van der Waals surface area (Å²) in [6.45, 7) is 2.39. The van der Waals surface area contributed by atoms with E-state index in [0.29, 0.717) is 74.2 Å². The number of hydrogen-bond acceptors (Lipinski definition) is 6. The van der Waals surface area contributed by atoms with Gasteiger partial charge in [0, 0.05) is 49.3 Å². The van der Waals surface area contributed by atoms with Crippen molar-refractivity contribution in [3.8, 4) is 17.2 Å². The van der Waals surface area contributed by atoms with E-state index in [9.17, 15) is 14.4 Å². The number of Topliss-reactive ketones (excluding diaryl/α,β-unsaturated/α-hetero) is 1. The fraction of sp³-hybridized carbons (Fsp3) is 0.423. The van der Waals surface area contributed by atoms with Gasteiger partial charge in [-0.3, -0.25) is 14.4 Å². The molecule has 178 valence electrons. The Morgan fingerprint density at radius 2 is 1.65 bits per heavy atom. The third-order valence-electron chi connectivity index (χ3n) is 6.86. The molecule has 2 amide bonds. The number of piperidine rings is 1. The number of rotatable bonds is 5. The van der Waals surface area contributed by atoms with Crippen molar-refractivity contribution in [3.63, 3.8) is 0 Å². The van der Waals surface area contributed by atoms with E-state index in [1.54, 1.807) is 48.4 Å². The van der Waals surface area contributed by atoms with Crippen LogP contribution in [0.5, 0.6) is 17.2 Å². The van der Waals surface area contributed by atoms with E-state index >= 15 is 0 Å². The molecule has 0 aliphatic carbocycles. The Labute approximate surface area is 198 Å². The van der Waals surface area contributed by atoms with Gasteiger partial charge in [0.2, 0.25) is 11.8 Å². The molecule has 2 fully saturated rings. The van der Waals surface area contributed by atoms with Crippen LogP contribution in [0.3, 0.4) is 0 Å². The maximum absolute atomic E-state index is 13.2. The molecule has 1 unspecified atom stereocenters. The van der Waals surface area contributed by atoms with Crippen LogP contribution in [0.4, 0.5) is 5.69 Å². The molecule has 0 N–H and O–H groups in total. The van der Waals surface area contributed by atoms with Crippen LogP contribution in [0, 0.1) is 11.8 Å². The number of likely N-dealkylation sites (tertiary alicyclic amines) is 1. The van der Waals surface area contributed by atoms with E-state index in [4.69, 9.17) is 14.2 Å². The highest BCUT2D eigenvalue weighted by Gasteiger charge is 2.39. The summed E-state index contributed by atoms with van der Waals surface area (Å²) in [5.74, 6) is 1.55. The number of methoxy groups -OCH3 is 1. The molecule has 0 bridgehead atoms. The number of fused-ring (bicyclic) bond motifs is 1. The third kappa shape index (κ3) is 4.32. The lowest BCUT2D eigenvalue weighted by atomic mass is 9.88. The second-order valence-corrected chi connectivity index (χ2v) is 8.93. The Bertz CT molecular complexity index is 1090. The number of benzene rings is 2. The van der Waals surface area contributed by atoms with Crippen molar-refractivity contribution in [2.24, 2.45) is 11.8 Å². The first kappa shape index (κ1) is 22.3. The molecule has 8 nitrogen and oxygen atoms in total. The van der Waals surface area contributed by atoms with Crippen molar-refractivity contribution in [1.82, 2.24) is 4.90 Å². The molecule has 2 saturated heterocycles. The molecule has 5 rings (SSSR count). The lowest BCUT2D eigenvalue weighted by Crippen LogP contribution is -2.43. The van der Waals surface area contributed by atoms with Crippen LogP contribution in [0.2, 0.25) is 0 Å². The van der Waals surface area contributed by atoms with Crippen molar-refractivity contribution in [2.75, 3.05) is 44.9 Å². The molecule has 2 aromatic rings. The van der Waals surface area contributed by atoms with Crippen LogP contribution < -0.4 is 19.1 Å². The van der Waals surface area contributed by atoms with Gasteiger partial charge in [0.15, 0.2) is 17.3 Å². The zero-order chi connectivity index (χ0) is 23.7. The van der Waals surface area contributed by atoms with Gasteiger partial charge < -0.3 is 24.0 Å². The summed E-state index contributed by atoms with van der Waals surface area (Å²) in [4.78, 5) is 42.2. The lowest BCUT2D eigenvalue weighted by Gasteiger charge is -2.33. The largest absolute Gasteiger partial charge is 0.497 e. The minimum Gasteiger partial charge on any atom is -0.497 e. The van der Waals surface area contributed by atoms with E-state index in [-0.39, 0.29) is 35.9 Å². The molecule has 34 heavy (non-hydrogen) atoms. The summed E-state index contributed by atoms with van der Waals surface area (Å²) in [5, 5.41) is 0. The van der Waals surface area contributed by atoms with Crippen LogP contribution in [-0.2, 0) is 9.59 Å². The molecule has 8 heteroatoms. The van der Waals surface area contributed by atoms with Crippen LogP contribution >= 0.6 is 0 Å². The molecule has 0 radical (unpaired) electrons. The van der Waals surface area contributed by atoms with Gasteiger partial charge in [-0.25, -0.2) is 0 Å². The van der Waals surface area contributed by atoms with Crippen molar-refractivity contribution >= 4 is 23.3 Å². The fourth-order valence-corrected chi connectivity index (χ4v) is 4.93. The number of anilines is 1. The van der Waals surface area contributed by atoms with E-state index in [1.165, 1.54) is 0 Å². The Morgan fingerprint density at radius 1 is 0.941 bits per heavy atom. The van der Waals surface area contributed by atoms with E-state index in [2.05, 4.69) is 0 Å². The number of ether oxygens (including phenoxy) is 3. The van der Waals surface area contributed by atoms with E-state index < -0.39 is 0 Å². The Hall–Kier alpha value is -3.55. The summed E-state index contributed by atoms with van der Waals surface area (Å²) in [5.41, 5.74) is 1.38. The minimum absolute atomic E-state index is 0.0104. The molecular weight excluding hydrogens is 436 g/mol. The zero-order valence-electron chi connectivity index (χ0n) is 19.2. The second kappa shape index (κ2) is 9.37. The van der Waals surface area contributed by atoms with Crippen molar-refractivity contribution in [3.05, 3.63) is 48.0 Å². The first-order valence-corrected chi connectivity index (χ1v) is 11.7. The second-order valence-electron chi connectivity index (χ2n) is 8.93. The molecule has 3 aliphatic rings. The molecular formula is C26H28N2O6. The molecule has 3 heterocycles. The number of ketones is 1. The standard InChI is InChI=1S/C26H28N2O6/c1-32-21-5-2-17(3-6-21)25(30)18-8-10-27(11-9-18)26(31)19-14-24(29)28(16-19)20-4-7-22-23(15-20)34-13-12-33-22/h2-7,15,18-19H,8-14,16H2,1H3. The SMILES string of the molecule is COc1ccc(C(=O)C2CCN(C(=O)C3CC(=O)N(c4ccc5c(c4)OCCO5)C3)CC2)cc1. The van der Waals surface area contributed by atoms with Gasteiger partial charge in [0.1, 0.15) is 19.0 Å². The number of carbonyl (C=O) groups excluding carboxylic acids is 3. The summed E-state index contributed by atoms with van der Waals surface area (Å²) in [6, 6.07) is 12.6. The molecule has 0 aromatic heterocycles. The summed E-state index contributed by atoms with van der Waals surface area (Å²) in [6.07, 6.45) is 1.45. The average Bonchev–Trinajstić information content (AvgIpc) is 3.29. The highest BCUT2D eigenvalue weighted by atomic mass is 16.6. The minimum atomic E-state index is -0.380. The van der Waals surface area contributed by atoms with E-state index in [1.807, 2.05) is 11.0 Å². The van der Waals surface area contributed by atoms with Gasteiger partial charge in [0.05, 0.1) is 13.0 Å². The summed E-state index contributed by atoms with van der Waals surface area (Å²) in [7, 11) is 1.59. The smallest absolute Gasteiger partial charge is 0.228 e. The van der Waals surface area contributed by atoms with Crippen molar-refractivity contribution in [2.45, 2.75) is 19.3 Å². The molecule has 0 saturated carbocycles. The number of hydrogen-bond donors (Lipinski definition) is 0. The Kier molecular flexibility index (Phi) is 6.13. The van der Waals surface area contributed by atoms with Crippen LogP contribution in [0.15, 0.2) is 42.5 Å². The van der Waals surface area contributed by atoms with Crippen molar-refractivity contribution < 1.29 is 28.6 Å². The predicted molar refractivity (Wildman–Crippen MR) is 125 cm³/mol. The maximum atomic E-state index is 13.2. The highest BCUT2D eigenvalue weighted by Crippen LogP contribution is 2.36. The van der Waals surface area contributed by atoms with Crippen LogP contribution in [0.1, 0.15) is 29.6 Å². The van der Waals surface area contributed by atoms with Gasteiger partial charge in [-0.05, 0) is 49.2 Å². The van der Waals surface area contributed by atoms with E-state index in [0.717, 1.165) is 0 Å². The monoisotopic (exact) mass is 464 g/mol. The van der Waals surface area contributed by atoms with Gasteiger partial charge in [0.25, 0.3) is 0 Å². The third-order valence-corrected chi connectivity index (χ3v) is 6.86. The summed E-state index contributed by atoms with van der Waals surface area (Å²) >= 11 is 0. The topological polar surface area (TPSA) is 85.4 Å². The number of carbonyl (C=O) groups is 3. The van der Waals surface area contributed by atoms with Crippen molar-refractivity contribution in [1.29, 1.82) is 0 Å². The fourth-order valence-electron chi connectivity index (χ4n) is 4.93. The number of nitrogens with zero attached hydrogens (tertiary/aromatic N) is 2. The molecule has 0 spiro atoms. The molecule has 1 atom stereocenters. The van der Waals surface area contributed by atoms with Gasteiger partial charge >= 0.3 is 0 Å². The Morgan fingerprint density at radius 3 is 2.35 bits per heavy atom. The quantitative estimate of drug-likeness (QED) is 0.633. The summed E-state index contributed by atoms with van der Waals surface area (Å²) < 4.78 is 16.3. The predicted octanol–water partition coefficient (Wildman–Crippen LogP) is 2.94. The van der Waals surface area contributed by atoms with Gasteiger partial charge in [-0.1, -0.05) is 0 Å². The Balaban J connectivity index is 1.18.